The molecule has 15 heteroatoms. The Balaban J connectivity index is 1.82. The summed E-state index contributed by atoms with van der Waals surface area (Å²) in [6, 6.07) is 8.33. The lowest BCUT2D eigenvalue weighted by atomic mass is 9.91. The molecule has 3 atom stereocenters. The van der Waals surface area contributed by atoms with Crippen molar-refractivity contribution in [2.75, 3.05) is 19.0 Å². The zero-order valence-electron chi connectivity index (χ0n) is 22.3. The highest BCUT2D eigenvalue weighted by Crippen LogP contribution is 2.40. The molecular weight excluding hydrogens is 608 g/mol. The van der Waals surface area contributed by atoms with Crippen molar-refractivity contribution in [3.8, 4) is 16.9 Å². The SMILES string of the molecule is CO[C@H](C[C@@H](C(=O)Nc1ccc(C(N)=O)cc1)n1cc2c(cc1=O)-c1cc(Cl)ccc1C[C@@H](C(F)(F)F)CO2)C(F)(F)F. The summed E-state index contributed by atoms with van der Waals surface area (Å²) in [5, 5.41) is 2.54. The van der Waals surface area contributed by atoms with E-state index in [0.29, 0.717) is 4.57 Å². The third-order valence-corrected chi connectivity index (χ3v) is 7.17. The van der Waals surface area contributed by atoms with E-state index < -0.39 is 67.2 Å². The average Bonchev–Trinajstić information content (AvgIpc) is 2.90. The van der Waals surface area contributed by atoms with Crippen LogP contribution in [0.3, 0.4) is 0 Å². The molecule has 43 heavy (non-hydrogen) atoms. The van der Waals surface area contributed by atoms with Gasteiger partial charge in [-0.05, 0) is 53.9 Å². The summed E-state index contributed by atoms with van der Waals surface area (Å²) in [5.74, 6) is -4.07. The smallest absolute Gasteiger partial charge is 0.414 e. The zero-order chi connectivity index (χ0) is 31.7. The number of benzene rings is 2. The Kier molecular flexibility index (Phi) is 9.11. The molecule has 1 aliphatic heterocycles. The van der Waals surface area contributed by atoms with Crippen LogP contribution >= 0.6 is 11.6 Å². The minimum Gasteiger partial charge on any atom is -0.491 e. The molecule has 3 aromatic rings. The molecule has 0 radical (unpaired) electrons. The molecule has 0 saturated heterocycles. The van der Waals surface area contributed by atoms with E-state index in [2.05, 4.69) is 10.1 Å². The largest absolute Gasteiger partial charge is 0.491 e. The molecule has 0 saturated carbocycles. The van der Waals surface area contributed by atoms with Gasteiger partial charge in [0.2, 0.25) is 11.8 Å². The fraction of sp³-hybridized carbons (Fsp3) is 0.321. The molecule has 0 unspecified atom stereocenters. The summed E-state index contributed by atoms with van der Waals surface area (Å²) in [5.41, 5.74) is 4.86. The molecule has 0 bridgehead atoms. The van der Waals surface area contributed by atoms with Crippen molar-refractivity contribution < 1.29 is 45.4 Å². The van der Waals surface area contributed by atoms with Crippen molar-refractivity contribution in [1.82, 2.24) is 4.57 Å². The van der Waals surface area contributed by atoms with Gasteiger partial charge in [0.05, 0.1) is 12.1 Å². The number of anilines is 1. The number of amides is 2. The molecule has 2 aromatic carbocycles. The maximum absolute atomic E-state index is 13.8. The summed E-state index contributed by atoms with van der Waals surface area (Å²) in [6.07, 6.45) is -12.7. The maximum Gasteiger partial charge on any atom is 0.414 e. The van der Waals surface area contributed by atoms with Gasteiger partial charge in [-0.25, -0.2) is 0 Å². The number of hydrogen-bond acceptors (Lipinski definition) is 5. The third-order valence-electron chi connectivity index (χ3n) is 6.94. The monoisotopic (exact) mass is 631 g/mol. The second kappa shape index (κ2) is 12.3. The van der Waals surface area contributed by atoms with Gasteiger partial charge in [0.15, 0.2) is 6.10 Å². The lowest BCUT2D eigenvalue weighted by Crippen LogP contribution is -2.40. The van der Waals surface area contributed by atoms with Gasteiger partial charge in [-0.1, -0.05) is 17.7 Å². The second-order valence-corrected chi connectivity index (χ2v) is 10.2. The molecule has 2 amide bonds. The Labute approximate surface area is 245 Å². The Morgan fingerprint density at radius 1 is 1.09 bits per heavy atom. The van der Waals surface area contributed by atoms with E-state index in [-0.39, 0.29) is 38.7 Å². The van der Waals surface area contributed by atoms with E-state index >= 15 is 0 Å². The van der Waals surface area contributed by atoms with Crippen LogP contribution in [0, 0.1) is 5.92 Å². The lowest BCUT2D eigenvalue weighted by Gasteiger charge is -2.28. The molecule has 3 N–H and O–H groups in total. The number of aromatic nitrogens is 1. The van der Waals surface area contributed by atoms with E-state index in [9.17, 15) is 40.7 Å². The number of nitrogens with two attached hydrogens (primary N) is 1. The maximum atomic E-state index is 13.8. The first-order valence-electron chi connectivity index (χ1n) is 12.6. The Morgan fingerprint density at radius 2 is 1.77 bits per heavy atom. The van der Waals surface area contributed by atoms with Crippen molar-refractivity contribution in [3.63, 3.8) is 0 Å². The highest BCUT2D eigenvalue weighted by Gasteiger charge is 2.44. The molecule has 1 aliphatic rings. The van der Waals surface area contributed by atoms with Gasteiger partial charge in [0.1, 0.15) is 18.4 Å². The number of primary amides is 1. The molecule has 0 spiro atoms. The number of nitrogens with zero attached hydrogens (tertiary/aromatic N) is 1. The van der Waals surface area contributed by atoms with Crippen molar-refractivity contribution >= 4 is 29.1 Å². The van der Waals surface area contributed by atoms with Gasteiger partial charge < -0.3 is 20.5 Å². The zero-order valence-corrected chi connectivity index (χ0v) is 23.0. The standard InChI is InChI=1S/C28H24ClF6N3O5/c1-42-23(28(33,34)35)11-21(26(41)37-18-6-3-14(4-7-18)25(36)40)38-12-22-20(10-24(38)39)19-9-17(29)5-2-15(19)8-16(13-43-22)27(30,31)32/h2-7,9-10,12,16,21,23H,8,11,13H2,1H3,(H2,36,40)(H,37,41)/t16-,21+,23-/m1/s1. The summed E-state index contributed by atoms with van der Waals surface area (Å²) in [4.78, 5) is 38.1. The highest BCUT2D eigenvalue weighted by molar-refractivity contribution is 6.30. The molecule has 2 heterocycles. The van der Waals surface area contributed by atoms with Crippen LogP contribution in [0.5, 0.6) is 5.75 Å². The van der Waals surface area contributed by atoms with Crippen LogP contribution in [0.15, 0.2) is 59.5 Å². The van der Waals surface area contributed by atoms with Crippen LogP contribution in [0.4, 0.5) is 32.0 Å². The first kappa shape index (κ1) is 31.9. The summed E-state index contributed by atoms with van der Waals surface area (Å²) >= 11 is 6.10. The van der Waals surface area contributed by atoms with Gasteiger partial charge in [0, 0.05) is 41.4 Å². The number of halogens is 7. The van der Waals surface area contributed by atoms with E-state index in [0.717, 1.165) is 19.4 Å². The van der Waals surface area contributed by atoms with Crippen molar-refractivity contribution in [1.29, 1.82) is 0 Å². The van der Waals surface area contributed by atoms with Crippen LogP contribution in [0.1, 0.15) is 28.4 Å². The lowest BCUT2D eigenvalue weighted by molar-refractivity contribution is -0.216. The molecule has 1 aromatic heterocycles. The molecule has 230 valence electrons. The van der Waals surface area contributed by atoms with Gasteiger partial charge in [-0.15, -0.1) is 0 Å². The summed E-state index contributed by atoms with van der Waals surface area (Å²) < 4.78 is 93.2. The average molecular weight is 632 g/mol. The topological polar surface area (TPSA) is 113 Å². The van der Waals surface area contributed by atoms with Crippen molar-refractivity contribution in [2.24, 2.45) is 11.7 Å². The first-order valence-corrected chi connectivity index (χ1v) is 13.0. The van der Waals surface area contributed by atoms with Crippen LogP contribution in [0.25, 0.3) is 11.1 Å². The predicted molar refractivity (Wildman–Crippen MR) is 144 cm³/mol. The van der Waals surface area contributed by atoms with Gasteiger partial charge in [-0.3, -0.25) is 19.0 Å². The number of pyridine rings is 1. The van der Waals surface area contributed by atoms with Gasteiger partial charge in [0.25, 0.3) is 5.56 Å². The van der Waals surface area contributed by atoms with E-state index in [1.54, 1.807) is 0 Å². The number of rotatable bonds is 7. The predicted octanol–water partition coefficient (Wildman–Crippen LogP) is 5.53. The van der Waals surface area contributed by atoms with E-state index in [1.807, 2.05) is 0 Å². The van der Waals surface area contributed by atoms with Crippen molar-refractivity contribution in [3.05, 3.63) is 81.2 Å². The fourth-order valence-corrected chi connectivity index (χ4v) is 4.83. The first-order chi connectivity index (χ1) is 20.1. The molecule has 0 aliphatic carbocycles. The number of ether oxygens (including phenoxy) is 2. The third kappa shape index (κ3) is 7.31. The van der Waals surface area contributed by atoms with E-state index in [4.69, 9.17) is 22.1 Å². The molecule has 4 rings (SSSR count). The normalized spacial score (nSPS) is 16.5. The van der Waals surface area contributed by atoms with Crippen LogP contribution < -0.4 is 21.3 Å². The van der Waals surface area contributed by atoms with Crippen LogP contribution in [-0.4, -0.2) is 48.6 Å². The number of hydrogen-bond donors (Lipinski definition) is 2. The fourth-order valence-electron chi connectivity index (χ4n) is 4.66. The Bertz CT molecular complexity index is 1570. The second-order valence-electron chi connectivity index (χ2n) is 9.80. The quantitative estimate of drug-likeness (QED) is 0.333. The summed E-state index contributed by atoms with van der Waals surface area (Å²) in [6.45, 7) is -0.858. The highest BCUT2D eigenvalue weighted by atomic mass is 35.5. The minimum absolute atomic E-state index is 0.0553. The molecule has 8 nitrogen and oxygen atoms in total. The van der Waals surface area contributed by atoms with E-state index in [1.165, 1.54) is 42.5 Å². The van der Waals surface area contributed by atoms with Crippen LogP contribution in [0.2, 0.25) is 5.02 Å². The number of methoxy groups -OCH3 is 1. The number of carbonyl (C=O) groups excluding carboxylic acids is 2. The number of carbonyl (C=O) groups is 2. The number of nitrogens with one attached hydrogen (secondary N) is 1. The Morgan fingerprint density at radius 3 is 2.35 bits per heavy atom. The minimum atomic E-state index is -4.93. The van der Waals surface area contributed by atoms with Gasteiger partial charge >= 0.3 is 12.4 Å². The van der Waals surface area contributed by atoms with Crippen molar-refractivity contribution in [2.45, 2.75) is 37.3 Å². The van der Waals surface area contributed by atoms with Gasteiger partial charge in [-0.2, -0.15) is 26.3 Å². The Hall–Kier alpha value is -4.04. The summed E-state index contributed by atoms with van der Waals surface area (Å²) in [7, 11) is 0.778. The molecular formula is C28H24ClF6N3O5. The molecule has 0 fully saturated rings. The van der Waals surface area contributed by atoms with Crippen LogP contribution in [-0.2, 0) is 16.0 Å². The number of alkyl halides is 6. The number of fused-ring (bicyclic) bond motifs is 3.